The zero-order valence-corrected chi connectivity index (χ0v) is 14.1. The molecule has 1 saturated heterocycles. The van der Waals surface area contributed by atoms with Crippen LogP contribution < -0.4 is 5.32 Å². The molecule has 0 aromatic heterocycles. The van der Waals surface area contributed by atoms with Crippen LogP contribution in [0.15, 0.2) is 30.3 Å². The van der Waals surface area contributed by atoms with Crippen molar-refractivity contribution in [3.8, 4) is 0 Å². The van der Waals surface area contributed by atoms with Crippen LogP contribution >= 0.6 is 0 Å². The second kappa shape index (κ2) is 6.54. The fourth-order valence-electron chi connectivity index (χ4n) is 4.03. The van der Waals surface area contributed by atoms with Crippen LogP contribution in [0.25, 0.3) is 0 Å². The van der Waals surface area contributed by atoms with E-state index in [1.54, 1.807) is 0 Å². The van der Waals surface area contributed by atoms with Crippen molar-refractivity contribution in [2.75, 3.05) is 26.2 Å². The van der Waals surface area contributed by atoms with E-state index >= 15 is 0 Å². The molecule has 2 saturated carbocycles. The van der Waals surface area contributed by atoms with Gasteiger partial charge in [-0.3, -0.25) is 0 Å². The summed E-state index contributed by atoms with van der Waals surface area (Å²) in [7, 11) is 0. The van der Waals surface area contributed by atoms with Crippen molar-refractivity contribution in [2.24, 2.45) is 11.3 Å². The molecule has 23 heavy (non-hydrogen) atoms. The predicted molar refractivity (Wildman–Crippen MR) is 93.3 cm³/mol. The van der Waals surface area contributed by atoms with Crippen molar-refractivity contribution < 1.29 is 5.11 Å². The maximum absolute atomic E-state index is 10.7. The van der Waals surface area contributed by atoms with Gasteiger partial charge in [0.1, 0.15) is 0 Å². The van der Waals surface area contributed by atoms with E-state index in [-0.39, 0.29) is 11.5 Å². The summed E-state index contributed by atoms with van der Waals surface area (Å²) in [5.74, 6) is 1.01. The molecule has 3 nitrogen and oxygen atoms in total. The molecular weight excluding hydrogens is 284 g/mol. The number of aliphatic hydroxyl groups is 1. The molecule has 2 aliphatic carbocycles. The second-order valence-corrected chi connectivity index (χ2v) is 8.07. The topological polar surface area (TPSA) is 35.5 Å². The molecule has 0 amide bonds. The minimum Gasteiger partial charge on any atom is -0.388 e. The van der Waals surface area contributed by atoms with Gasteiger partial charge in [0.05, 0.1) is 6.10 Å². The molecule has 1 aromatic rings. The molecule has 1 aromatic carbocycles. The van der Waals surface area contributed by atoms with Gasteiger partial charge in [0, 0.05) is 24.5 Å². The molecule has 1 heterocycles. The number of hydrogen-bond donors (Lipinski definition) is 2. The Balaban J connectivity index is 1.24. The predicted octanol–water partition coefficient (Wildman–Crippen LogP) is 2.96. The molecule has 3 fully saturated rings. The number of nitrogens with one attached hydrogen (secondary N) is 1. The summed E-state index contributed by atoms with van der Waals surface area (Å²) >= 11 is 0. The Morgan fingerprint density at radius 1 is 1.09 bits per heavy atom. The Morgan fingerprint density at radius 3 is 2.39 bits per heavy atom. The van der Waals surface area contributed by atoms with Crippen molar-refractivity contribution >= 4 is 0 Å². The van der Waals surface area contributed by atoms with Gasteiger partial charge in [-0.25, -0.2) is 0 Å². The summed E-state index contributed by atoms with van der Waals surface area (Å²) < 4.78 is 0. The summed E-state index contributed by atoms with van der Waals surface area (Å²) in [5, 5.41) is 14.5. The SMILES string of the molecule is OC(c1ccccc1)C1(CNC2CCN(CC3CC3)CC2)CC1. The van der Waals surface area contributed by atoms with Crippen LogP contribution in [0.1, 0.15) is 50.2 Å². The van der Waals surface area contributed by atoms with Gasteiger partial charge in [-0.2, -0.15) is 0 Å². The molecule has 1 aliphatic heterocycles. The lowest BCUT2D eigenvalue weighted by molar-refractivity contribution is 0.0865. The molecule has 2 N–H and O–H groups in total. The Bertz CT molecular complexity index is 502. The first-order valence-electron chi connectivity index (χ1n) is 9.44. The van der Waals surface area contributed by atoms with E-state index in [2.05, 4.69) is 22.3 Å². The highest BCUT2D eigenvalue weighted by Crippen LogP contribution is 2.54. The van der Waals surface area contributed by atoms with Gasteiger partial charge in [-0.05, 0) is 63.1 Å². The lowest BCUT2D eigenvalue weighted by atomic mass is 9.92. The zero-order chi connectivity index (χ0) is 15.7. The van der Waals surface area contributed by atoms with Crippen LogP contribution in [-0.2, 0) is 0 Å². The number of nitrogens with zero attached hydrogens (tertiary/aromatic N) is 1. The molecule has 4 rings (SSSR count). The lowest BCUT2D eigenvalue weighted by Gasteiger charge is -2.34. The second-order valence-electron chi connectivity index (χ2n) is 8.07. The Labute approximate surface area is 140 Å². The van der Waals surface area contributed by atoms with Crippen LogP contribution in [-0.4, -0.2) is 42.2 Å². The Hall–Kier alpha value is -0.900. The smallest absolute Gasteiger partial charge is 0.0858 e. The van der Waals surface area contributed by atoms with Crippen LogP contribution in [0.2, 0.25) is 0 Å². The molecular formula is C20H30N2O. The fraction of sp³-hybridized carbons (Fsp3) is 0.700. The summed E-state index contributed by atoms with van der Waals surface area (Å²) in [4.78, 5) is 2.65. The molecule has 126 valence electrons. The van der Waals surface area contributed by atoms with E-state index in [9.17, 15) is 5.11 Å². The molecule has 3 heteroatoms. The Morgan fingerprint density at radius 2 is 1.78 bits per heavy atom. The largest absolute Gasteiger partial charge is 0.388 e. The first kappa shape index (κ1) is 15.6. The van der Waals surface area contributed by atoms with Crippen LogP contribution in [0, 0.1) is 11.3 Å². The van der Waals surface area contributed by atoms with Crippen molar-refractivity contribution in [2.45, 2.75) is 50.7 Å². The van der Waals surface area contributed by atoms with Gasteiger partial charge in [0.15, 0.2) is 0 Å². The number of hydrogen-bond acceptors (Lipinski definition) is 3. The minimum absolute atomic E-state index is 0.0898. The maximum atomic E-state index is 10.7. The molecule has 3 aliphatic rings. The summed E-state index contributed by atoms with van der Waals surface area (Å²) in [5.41, 5.74) is 1.16. The van der Waals surface area contributed by atoms with E-state index < -0.39 is 0 Å². The van der Waals surface area contributed by atoms with E-state index in [4.69, 9.17) is 0 Å². The van der Waals surface area contributed by atoms with E-state index in [1.165, 1.54) is 45.3 Å². The van der Waals surface area contributed by atoms with Gasteiger partial charge < -0.3 is 15.3 Å². The molecule has 0 spiro atoms. The first-order valence-corrected chi connectivity index (χ1v) is 9.44. The quantitative estimate of drug-likeness (QED) is 0.812. The third-order valence-electron chi connectivity index (χ3n) is 6.13. The summed E-state index contributed by atoms with van der Waals surface area (Å²) in [6, 6.07) is 10.8. The first-order chi connectivity index (χ1) is 11.3. The van der Waals surface area contributed by atoms with Gasteiger partial charge in [0.2, 0.25) is 0 Å². The number of aliphatic hydroxyl groups excluding tert-OH is 1. The summed E-state index contributed by atoms with van der Waals surface area (Å²) in [6.07, 6.45) is 7.43. The zero-order valence-electron chi connectivity index (χ0n) is 14.1. The molecule has 1 atom stereocenters. The van der Waals surface area contributed by atoms with E-state index in [1.807, 2.05) is 18.2 Å². The van der Waals surface area contributed by atoms with Crippen LogP contribution in [0.5, 0.6) is 0 Å². The minimum atomic E-state index is -0.314. The third-order valence-corrected chi connectivity index (χ3v) is 6.13. The highest BCUT2D eigenvalue weighted by Gasteiger charge is 2.49. The van der Waals surface area contributed by atoms with Crippen molar-refractivity contribution in [1.82, 2.24) is 10.2 Å². The Kier molecular flexibility index (Phi) is 4.44. The number of benzene rings is 1. The fourth-order valence-corrected chi connectivity index (χ4v) is 4.03. The molecule has 0 radical (unpaired) electrons. The summed E-state index contributed by atoms with van der Waals surface area (Å²) in [6.45, 7) is 4.81. The number of piperidine rings is 1. The van der Waals surface area contributed by atoms with E-state index in [0.717, 1.165) is 30.9 Å². The highest BCUT2D eigenvalue weighted by atomic mass is 16.3. The van der Waals surface area contributed by atoms with Gasteiger partial charge >= 0.3 is 0 Å². The van der Waals surface area contributed by atoms with Crippen molar-refractivity contribution in [1.29, 1.82) is 0 Å². The van der Waals surface area contributed by atoms with Gasteiger partial charge in [-0.15, -0.1) is 0 Å². The van der Waals surface area contributed by atoms with Gasteiger partial charge in [0.25, 0.3) is 0 Å². The van der Waals surface area contributed by atoms with Crippen LogP contribution in [0.4, 0.5) is 0 Å². The average molecular weight is 314 g/mol. The van der Waals surface area contributed by atoms with Crippen molar-refractivity contribution in [3.63, 3.8) is 0 Å². The monoisotopic (exact) mass is 314 g/mol. The molecule has 0 bridgehead atoms. The van der Waals surface area contributed by atoms with Gasteiger partial charge in [-0.1, -0.05) is 30.3 Å². The standard InChI is InChI=1S/C20H30N2O/c23-19(17-4-2-1-3-5-17)20(10-11-20)15-21-18-8-12-22(13-9-18)14-16-6-7-16/h1-5,16,18-19,21,23H,6-15H2. The van der Waals surface area contributed by atoms with E-state index in [0.29, 0.717) is 6.04 Å². The van der Waals surface area contributed by atoms with Crippen molar-refractivity contribution in [3.05, 3.63) is 35.9 Å². The third kappa shape index (κ3) is 3.78. The molecule has 1 unspecified atom stereocenters. The van der Waals surface area contributed by atoms with Crippen LogP contribution in [0.3, 0.4) is 0 Å². The normalized spacial score (nSPS) is 26.1. The highest BCUT2D eigenvalue weighted by molar-refractivity contribution is 5.22. The number of rotatable bonds is 7. The lowest BCUT2D eigenvalue weighted by Crippen LogP contribution is -2.45. The average Bonchev–Trinajstić information content (AvgIpc) is 3.51. The number of likely N-dealkylation sites (tertiary alicyclic amines) is 1. The maximum Gasteiger partial charge on any atom is 0.0858 e.